The van der Waals surface area contributed by atoms with Gasteiger partial charge < -0.3 is 39.3 Å². The number of carboxylic acid groups (broad SMARTS) is 1. The van der Waals surface area contributed by atoms with E-state index in [9.17, 15) is 24.0 Å². The van der Waals surface area contributed by atoms with Crippen molar-refractivity contribution in [1.82, 2.24) is 0 Å². The Bertz CT molecular complexity index is 665. The number of carbonyl (C=O) groups excluding carboxylic acids is 4. The smallest absolute Gasteiger partial charge is 0.322 e. The SMILES string of the molecule is CC(=O)OC[C@H]1O[C@@H](OC[C@H](N)C(=O)O)[C@H](OC(C)=O)[C@@H](OC(C)=O)[C@H]1OC(C)=O. The van der Waals surface area contributed by atoms with Gasteiger partial charge in [-0.2, -0.15) is 0 Å². The molecule has 0 aromatic rings. The quantitative estimate of drug-likeness (QED) is 0.315. The number of hydrogen-bond donors (Lipinski definition) is 2. The molecule has 30 heavy (non-hydrogen) atoms. The molecule has 0 aromatic carbocycles. The lowest BCUT2D eigenvalue weighted by Crippen LogP contribution is -2.63. The van der Waals surface area contributed by atoms with E-state index in [0.717, 1.165) is 27.7 Å². The Kier molecular flexibility index (Phi) is 9.62. The molecule has 0 bridgehead atoms. The number of nitrogens with two attached hydrogens (primary N) is 1. The standard InChI is InChI=1S/C17H25NO12/c1-7(19)25-6-12-13(27-8(2)20)14(28-9(3)21)15(29-10(4)22)17(30-12)26-5-11(18)16(23)24/h11-15,17H,5-6,18H2,1-4H3,(H,23,24)/t11-,12+,13-,14-,15+,17+/m0/s1. The summed E-state index contributed by atoms with van der Waals surface area (Å²) in [5.74, 6) is -4.42. The molecule has 13 nitrogen and oxygen atoms in total. The number of esters is 4. The lowest BCUT2D eigenvalue weighted by molar-refractivity contribution is -0.308. The molecule has 0 aliphatic carbocycles. The second-order valence-corrected chi connectivity index (χ2v) is 6.35. The van der Waals surface area contributed by atoms with Crippen molar-refractivity contribution >= 4 is 29.8 Å². The van der Waals surface area contributed by atoms with Crippen LogP contribution in [0.2, 0.25) is 0 Å². The van der Waals surface area contributed by atoms with E-state index in [2.05, 4.69) is 0 Å². The molecule has 1 heterocycles. The summed E-state index contributed by atoms with van der Waals surface area (Å²) in [4.78, 5) is 57.0. The summed E-state index contributed by atoms with van der Waals surface area (Å²) in [6, 6.07) is -1.43. The van der Waals surface area contributed by atoms with E-state index in [1.165, 1.54) is 0 Å². The Morgan fingerprint density at radius 2 is 1.37 bits per heavy atom. The van der Waals surface area contributed by atoms with Gasteiger partial charge in [-0.3, -0.25) is 24.0 Å². The summed E-state index contributed by atoms with van der Waals surface area (Å²) < 4.78 is 31.4. The average molecular weight is 435 g/mol. The van der Waals surface area contributed by atoms with Gasteiger partial charge in [-0.05, 0) is 0 Å². The first kappa shape index (κ1) is 25.3. The van der Waals surface area contributed by atoms with Crippen LogP contribution in [0.15, 0.2) is 0 Å². The van der Waals surface area contributed by atoms with Crippen LogP contribution in [0.5, 0.6) is 0 Å². The molecule has 0 amide bonds. The Labute approximate surface area is 171 Å². The van der Waals surface area contributed by atoms with E-state index in [1.807, 2.05) is 0 Å². The second kappa shape index (κ2) is 11.4. The molecule has 1 fully saturated rings. The zero-order valence-electron chi connectivity index (χ0n) is 16.9. The first-order valence-electron chi connectivity index (χ1n) is 8.82. The molecule has 0 unspecified atom stereocenters. The normalized spacial score (nSPS) is 26.8. The van der Waals surface area contributed by atoms with Gasteiger partial charge in [0.2, 0.25) is 0 Å². The number of hydrogen-bond acceptors (Lipinski definition) is 12. The summed E-state index contributed by atoms with van der Waals surface area (Å²) in [5, 5.41) is 8.92. The van der Waals surface area contributed by atoms with Gasteiger partial charge in [0.1, 0.15) is 18.8 Å². The van der Waals surface area contributed by atoms with E-state index in [1.54, 1.807) is 0 Å². The Hall–Kier alpha value is -2.77. The Morgan fingerprint density at radius 3 is 1.83 bits per heavy atom. The van der Waals surface area contributed by atoms with Crippen LogP contribution in [-0.2, 0) is 52.4 Å². The highest BCUT2D eigenvalue weighted by molar-refractivity contribution is 5.73. The minimum Gasteiger partial charge on any atom is -0.480 e. The van der Waals surface area contributed by atoms with Crippen molar-refractivity contribution < 1.29 is 57.5 Å². The molecule has 0 radical (unpaired) electrons. The van der Waals surface area contributed by atoms with Crippen molar-refractivity contribution in [3.05, 3.63) is 0 Å². The van der Waals surface area contributed by atoms with Crippen molar-refractivity contribution in [2.24, 2.45) is 5.73 Å². The molecule has 3 N–H and O–H groups in total. The fourth-order valence-electron chi connectivity index (χ4n) is 2.59. The molecule has 0 saturated carbocycles. The highest BCUT2D eigenvalue weighted by Crippen LogP contribution is 2.30. The van der Waals surface area contributed by atoms with Gasteiger partial charge in [-0.1, -0.05) is 0 Å². The molecule has 170 valence electrons. The van der Waals surface area contributed by atoms with Crippen LogP contribution >= 0.6 is 0 Å². The van der Waals surface area contributed by atoms with Crippen molar-refractivity contribution in [2.75, 3.05) is 13.2 Å². The second-order valence-electron chi connectivity index (χ2n) is 6.35. The molecule has 0 aromatic heterocycles. The molecule has 1 rings (SSSR count). The minimum absolute atomic E-state index is 0.428. The largest absolute Gasteiger partial charge is 0.480 e. The highest BCUT2D eigenvalue weighted by Gasteiger charge is 2.52. The van der Waals surface area contributed by atoms with Gasteiger partial charge in [-0.25, -0.2) is 0 Å². The van der Waals surface area contributed by atoms with Crippen LogP contribution in [-0.4, -0.2) is 84.9 Å². The van der Waals surface area contributed by atoms with Gasteiger partial charge in [-0.15, -0.1) is 0 Å². The van der Waals surface area contributed by atoms with Gasteiger partial charge in [0.25, 0.3) is 0 Å². The number of aliphatic carboxylic acids is 1. The van der Waals surface area contributed by atoms with E-state index in [4.69, 9.17) is 39.3 Å². The molecule has 6 atom stereocenters. The van der Waals surface area contributed by atoms with Crippen molar-refractivity contribution in [3.8, 4) is 0 Å². The van der Waals surface area contributed by atoms with Gasteiger partial charge in [0.15, 0.2) is 24.6 Å². The summed E-state index contributed by atoms with van der Waals surface area (Å²) in [7, 11) is 0. The average Bonchev–Trinajstić information content (AvgIpc) is 2.60. The third kappa shape index (κ3) is 7.93. The number of carbonyl (C=O) groups is 5. The van der Waals surface area contributed by atoms with Crippen molar-refractivity contribution in [3.63, 3.8) is 0 Å². The number of rotatable bonds is 9. The predicted molar refractivity (Wildman–Crippen MR) is 93.5 cm³/mol. The summed E-state index contributed by atoms with van der Waals surface area (Å²) in [6.45, 7) is 3.38. The first-order chi connectivity index (χ1) is 13.9. The number of carboxylic acids is 1. The summed E-state index contributed by atoms with van der Waals surface area (Å²) in [5.41, 5.74) is 5.41. The maximum absolute atomic E-state index is 11.6. The Morgan fingerprint density at radius 1 is 0.867 bits per heavy atom. The van der Waals surface area contributed by atoms with E-state index in [0.29, 0.717) is 0 Å². The molecule has 0 spiro atoms. The molecular weight excluding hydrogens is 410 g/mol. The lowest BCUT2D eigenvalue weighted by Gasteiger charge is -2.44. The van der Waals surface area contributed by atoms with Gasteiger partial charge in [0.05, 0.1) is 6.61 Å². The monoisotopic (exact) mass is 435 g/mol. The topological polar surface area (TPSA) is 187 Å². The zero-order chi connectivity index (χ0) is 23.0. The molecule has 1 saturated heterocycles. The fraction of sp³-hybridized carbons (Fsp3) is 0.706. The molecule has 1 aliphatic rings. The van der Waals surface area contributed by atoms with Crippen LogP contribution in [0.3, 0.4) is 0 Å². The minimum atomic E-state index is -1.48. The third-order valence-corrected chi connectivity index (χ3v) is 3.71. The summed E-state index contributed by atoms with van der Waals surface area (Å²) in [6.07, 6.45) is -6.85. The van der Waals surface area contributed by atoms with E-state index < -0.39 is 79.8 Å². The first-order valence-corrected chi connectivity index (χ1v) is 8.82. The zero-order valence-corrected chi connectivity index (χ0v) is 16.9. The highest BCUT2D eigenvalue weighted by atomic mass is 16.7. The van der Waals surface area contributed by atoms with Crippen LogP contribution in [0.4, 0.5) is 0 Å². The number of ether oxygens (including phenoxy) is 6. The van der Waals surface area contributed by atoms with Crippen LogP contribution in [0, 0.1) is 0 Å². The fourth-order valence-corrected chi connectivity index (χ4v) is 2.59. The van der Waals surface area contributed by atoms with E-state index >= 15 is 0 Å². The van der Waals surface area contributed by atoms with Gasteiger partial charge in [0, 0.05) is 27.7 Å². The maximum atomic E-state index is 11.6. The molecule has 1 aliphatic heterocycles. The van der Waals surface area contributed by atoms with Crippen LogP contribution in [0.25, 0.3) is 0 Å². The summed E-state index contributed by atoms with van der Waals surface area (Å²) >= 11 is 0. The maximum Gasteiger partial charge on any atom is 0.322 e. The van der Waals surface area contributed by atoms with E-state index in [-0.39, 0.29) is 0 Å². The predicted octanol–water partition coefficient (Wildman–Crippen LogP) is -1.50. The molecular formula is C17H25NO12. The van der Waals surface area contributed by atoms with Crippen LogP contribution < -0.4 is 5.73 Å². The third-order valence-electron chi connectivity index (χ3n) is 3.71. The van der Waals surface area contributed by atoms with Gasteiger partial charge >= 0.3 is 29.8 Å². The van der Waals surface area contributed by atoms with Crippen molar-refractivity contribution in [2.45, 2.75) is 64.4 Å². The van der Waals surface area contributed by atoms with Crippen LogP contribution in [0.1, 0.15) is 27.7 Å². The Balaban J connectivity index is 3.27. The molecule has 13 heteroatoms. The lowest BCUT2D eigenvalue weighted by atomic mass is 9.98. The van der Waals surface area contributed by atoms with Crippen molar-refractivity contribution in [1.29, 1.82) is 0 Å².